The number of aromatic nitrogens is 2. The number of aromatic amines is 1. The summed E-state index contributed by atoms with van der Waals surface area (Å²) >= 11 is 3.42. The summed E-state index contributed by atoms with van der Waals surface area (Å²) in [5, 5.41) is 6.95. The largest absolute Gasteiger partial charge is 0.360 e. The number of H-pyrrole nitrogens is 1. The molecule has 6 nitrogen and oxygen atoms in total. The van der Waals surface area contributed by atoms with Gasteiger partial charge in [-0.25, -0.2) is 0 Å². The highest BCUT2D eigenvalue weighted by atomic mass is 79.9. The van der Waals surface area contributed by atoms with Gasteiger partial charge >= 0.3 is 0 Å². The third-order valence-electron chi connectivity index (χ3n) is 4.29. The van der Waals surface area contributed by atoms with Gasteiger partial charge in [-0.3, -0.25) is 9.59 Å². The maximum absolute atomic E-state index is 13.0. The number of rotatable bonds is 5. The summed E-state index contributed by atoms with van der Waals surface area (Å²) in [7, 11) is 0. The number of ketones is 1. The van der Waals surface area contributed by atoms with Crippen LogP contribution in [-0.4, -0.2) is 27.9 Å². The lowest BCUT2D eigenvalue weighted by atomic mass is 9.99. The second-order valence-electron chi connectivity index (χ2n) is 6.35. The quantitative estimate of drug-likeness (QED) is 0.621. The Hall–Kier alpha value is -2.67. The van der Waals surface area contributed by atoms with Crippen molar-refractivity contribution in [2.24, 2.45) is 0 Å². The summed E-state index contributed by atoms with van der Waals surface area (Å²) < 4.78 is 6.16. The Bertz CT molecular complexity index is 1000. The van der Waals surface area contributed by atoms with Crippen molar-refractivity contribution in [1.29, 1.82) is 0 Å². The number of carbonyl (C=O) groups excluding carboxylic acids is 2. The average molecular weight is 414 g/mol. The monoisotopic (exact) mass is 413 g/mol. The van der Waals surface area contributed by atoms with E-state index in [-0.39, 0.29) is 17.7 Å². The fourth-order valence-corrected chi connectivity index (χ4v) is 3.16. The minimum Gasteiger partial charge on any atom is -0.360 e. The maximum Gasteiger partial charge on any atom is 0.267 e. The number of benzene rings is 1. The molecule has 2 heterocycles. The first-order chi connectivity index (χ1) is 12.5. The Morgan fingerprint density at radius 2 is 2.12 bits per heavy atom. The lowest BCUT2D eigenvalue weighted by Gasteiger charge is -2.02. The molecule has 3 aromatic rings. The normalized spacial score (nSPS) is 13.6. The highest BCUT2D eigenvalue weighted by Gasteiger charge is 2.27. The molecular weight excluding hydrogens is 398 g/mol. The summed E-state index contributed by atoms with van der Waals surface area (Å²) in [4.78, 5) is 28.0. The van der Waals surface area contributed by atoms with E-state index in [2.05, 4.69) is 31.4 Å². The summed E-state index contributed by atoms with van der Waals surface area (Å²) in [6, 6.07) is 9.33. The lowest BCUT2D eigenvalue weighted by molar-refractivity contribution is 0.0946. The zero-order valence-corrected chi connectivity index (χ0v) is 15.6. The predicted octanol–water partition coefficient (Wildman–Crippen LogP) is 3.86. The number of halogens is 1. The van der Waals surface area contributed by atoms with Gasteiger partial charge in [0.25, 0.3) is 5.91 Å². The molecule has 1 saturated carbocycles. The molecule has 1 aliphatic rings. The molecule has 7 heteroatoms. The van der Waals surface area contributed by atoms with Crippen molar-refractivity contribution >= 4 is 27.6 Å². The second-order valence-corrected chi connectivity index (χ2v) is 7.27. The first-order valence-corrected chi connectivity index (χ1v) is 9.08. The topological polar surface area (TPSA) is 88.0 Å². The molecule has 1 fully saturated rings. The zero-order valence-electron chi connectivity index (χ0n) is 14.0. The fraction of sp³-hybridized carbons (Fsp3) is 0.211. The lowest BCUT2D eigenvalue weighted by Crippen LogP contribution is -2.25. The molecular formula is C19H16BrN3O3. The van der Waals surface area contributed by atoms with Crippen LogP contribution in [0.5, 0.6) is 0 Å². The van der Waals surface area contributed by atoms with Gasteiger partial charge in [0, 0.05) is 27.8 Å². The minimum absolute atomic E-state index is 0.194. The van der Waals surface area contributed by atoms with Crippen LogP contribution >= 0.6 is 15.9 Å². The maximum atomic E-state index is 13.0. The summed E-state index contributed by atoms with van der Waals surface area (Å²) in [5.74, 6) is 0.0106. The fourth-order valence-electron chi connectivity index (χ4n) is 2.76. The average Bonchev–Trinajstić information content (AvgIpc) is 3.15. The first kappa shape index (κ1) is 16.8. The van der Waals surface area contributed by atoms with Gasteiger partial charge in [-0.1, -0.05) is 33.2 Å². The molecule has 0 spiro atoms. The van der Waals surface area contributed by atoms with E-state index in [0.717, 1.165) is 22.9 Å². The minimum atomic E-state index is -0.236. The molecule has 0 atom stereocenters. The number of hydrogen-bond donors (Lipinski definition) is 2. The molecule has 1 aromatic carbocycles. The Balaban J connectivity index is 1.65. The van der Waals surface area contributed by atoms with E-state index in [0.29, 0.717) is 28.3 Å². The van der Waals surface area contributed by atoms with E-state index in [1.807, 2.05) is 24.3 Å². The molecule has 0 saturated heterocycles. The Morgan fingerprint density at radius 3 is 2.85 bits per heavy atom. The van der Waals surface area contributed by atoms with Crippen molar-refractivity contribution in [3.63, 3.8) is 0 Å². The van der Waals surface area contributed by atoms with Gasteiger partial charge in [0.2, 0.25) is 0 Å². The van der Waals surface area contributed by atoms with Crippen LogP contribution in [-0.2, 0) is 0 Å². The number of nitrogens with zero attached hydrogens (tertiary/aromatic N) is 1. The smallest absolute Gasteiger partial charge is 0.267 e. The summed E-state index contributed by atoms with van der Waals surface area (Å²) in [5.41, 5.74) is 2.43. The molecule has 1 amide bonds. The zero-order chi connectivity index (χ0) is 18.3. The summed E-state index contributed by atoms with van der Waals surface area (Å²) in [6.07, 6.45) is 3.56. The van der Waals surface area contributed by atoms with Crippen LogP contribution in [0.4, 0.5) is 0 Å². The SMILES string of the molecule is Cc1onc(-c2cccc(Br)c2)c1C(=O)c1c[nH]c(C(=O)NC2CC2)c1. The van der Waals surface area contributed by atoms with Crippen LogP contribution in [0.25, 0.3) is 11.3 Å². The second kappa shape index (κ2) is 6.57. The Morgan fingerprint density at radius 1 is 1.31 bits per heavy atom. The molecule has 0 unspecified atom stereocenters. The molecule has 0 radical (unpaired) electrons. The standard InChI is InChI=1S/C19H16BrN3O3/c1-10-16(17(23-26-10)11-3-2-4-13(20)7-11)18(24)12-8-15(21-9-12)19(25)22-14-5-6-14/h2-4,7-9,14,21H,5-6H2,1H3,(H,22,25). The first-order valence-electron chi connectivity index (χ1n) is 8.29. The molecule has 1 aliphatic carbocycles. The molecule has 26 heavy (non-hydrogen) atoms. The highest BCUT2D eigenvalue weighted by molar-refractivity contribution is 9.10. The highest BCUT2D eigenvalue weighted by Crippen LogP contribution is 2.29. The third kappa shape index (κ3) is 3.22. The van der Waals surface area contributed by atoms with Crippen LogP contribution in [0.15, 0.2) is 45.5 Å². The van der Waals surface area contributed by atoms with Gasteiger partial charge < -0.3 is 14.8 Å². The van der Waals surface area contributed by atoms with Crippen LogP contribution in [0.3, 0.4) is 0 Å². The van der Waals surface area contributed by atoms with E-state index in [1.165, 1.54) is 0 Å². The number of hydrogen-bond acceptors (Lipinski definition) is 4. The Kier molecular flexibility index (Phi) is 4.24. The third-order valence-corrected chi connectivity index (χ3v) is 4.78. The molecule has 2 aromatic heterocycles. The van der Waals surface area contributed by atoms with Gasteiger partial charge in [-0.05, 0) is 38.0 Å². The van der Waals surface area contributed by atoms with E-state index >= 15 is 0 Å². The van der Waals surface area contributed by atoms with Crippen LogP contribution < -0.4 is 5.32 Å². The van der Waals surface area contributed by atoms with Gasteiger partial charge in [-0.2, -0.15) is 0 Å². The van der Waals surface area contributed by atoms with E-state index in [9.17, 15) is 9.59 Å². The van der Waals surface area contributed by atoms with Crippen LogP contribution in [0.1, 0.15) is 45.0 Å². The van der Waals surface area contributed by atoms with E-state index in [1.54, 1.807) is 19.2 Å². The van der Waals surface area contributed by atoms with Gasteiger partial charge in [-0.15, -0.1) is 0 Å². The number of amides is 1. The van der Waals surface area contributed by atoms with Gasteiger partial charge in [0.05, 0.1) is 5.56 Å². The van der Waals surface area contributed by atoms with Crippen molar-refractivity contribution in [3.8, 4) is 11.3 Å². The number of carbonyl (C=O) groups is 2. The van der Waals surface area contributed by atoms with Crippen LogP contribution in [0, 0.1) is 6.92 Å². The molecule has 4 rings (SSSR count). The van der Waals surface area contributed by atoms with Crippen molar-refractivity contribution in [3.05, 3.63) is 63.6 Å². The summed E-state index contributed by atoms with van der Waals surface area (Å²) in [6.45, 7) is 1.70. The van der Waals surface area contributed by atoms with E-state index < -0.39 is 0 Å². The van der Waals surface area contributed by atoms with Crippen molar-refractivity contribution < 1.29 is 14.1 Å². The number of nitrogens with one attached hydrogen (secondary N) is 2. The van der Waals surface area contributed by atoms with Crippen molar-refractivity contribution in [2.45, 2.75) is 25.8 Å². The number of aryl methyl sites for hydroxylation is 1. The molecule has 0 bridgehead atoms. The van der Waals surface area contributed by atoms with E-state index in [4.69, 9.17) is 4.52 Å². The van der Waals surface area contributed by atoms with Crippen molar-refractivity contribution in [1.82, 2.24) is 15.5 Å². The van der Waals surface area contributed by atoms with Crippen LogP contribution in [0.2, 0.25) is 0 Å². The molecule has 132 valence electrons. The van der Waals surface area contributed by atoms with Gasteiger partial charge in [0.15, 0.2) is 5.78 Å². The van der Waals surface area contributed by atoms with Gasteiger partial charge in [0.1, 0.15) is 17.1 Å². The Labute approximate surface area is 158 Å². The molecule has 0 aliphatic heterocycles. The predicted molar refractivity (Wildman–Crippen MR) is 99.1 cm³/mol. The molecule has 2 N–H and O–H groups in total. The van der Waals surface area contributed by atoms with Crippen molar-refractivity contribution in [2.75, 3.05) is 0 Å².